The molecule has 2 aromatic heterocycles. The second-order valence-corrected chi connectivity index (χ2v) is 6.90. The van der Waals surface area contributed by atoms with Crippen LogP contribution in [-0.2, 0) is 10.0 Å². The van der Waals surface area contributed by atoms with Gasteiger partial charge in [-0.3, -0.25) is 5.43 Å². The molecular weight excluding hydrogens is 316 g/mol. The number of hydrogen-bond donors (Lipinski definition) is 2. The van der Waals surface area contributed by atoms with E-state index >= 15 is 0 Å². The molecule has 0 saturated carbocycles. The van der Waals surface area contributed by atoms with Crippen LogP contribution in [0.4, 0.5) is 5.82 Å². The van der Waals surface area contributed by atoms with Crippen molar-refractivity contribution in [3.63, 3.8) is 0 Å². The van der Waals surface area contributed by atoms with Gasteiger partial charge < -0.3 is 0 Å². The Kier molecular flexibility index (Phi) is 3.74. The summed E-state index contributed by atoms with van der Waals surface area (Å²) in [7, 11) is -3.72. The van der Waals surface area contributed by atoms with Crippen molar-refractivity contribution < 1.29 is 8.42 Å². The highest BCUT2D eigenvalue weighted by Gasteiger charge is 2.17. The summed E-state index contributed by atoms with van der Waals surface area (Å²) >= 11 is 0. The molecule has 0 unspecified atom stereocenters. The molecule has 0 bridgehead atoms. The van der Waals surface area contributed by atoms with Gasteiger partial charge in [0.1, 0.15) is 12.1 Å². The number of nitrogens with zero attached hydrogens (tertiary/aromatic N) is 4. The fourth-order valence-electron chi connectivity index (χ4n) is 2.19. The van der Waals surface area contributed by atoms with Gasteiger partial charge in [-0.2, -0.15) is 14.6 Å². The lowest BCUT2D eigenvalue weighted by Gasteiger charge is -2.12. The van der Waals surface area contributed by atoms with E-state index in [4.69, 9.17) is 0 Å². The predicted octanol–water partition coefficient (Wildman–Crippen LogP) is 1.35. The molecule has 8 nitrogen and oxygen atoms in total. The van der Waals surface area contributed by atoms with E-state index in [1.165, 1.54) is 10.8 Å². The van der Waals surface area contributed by atoms with Gasteiger partial charge in [0.15, 0.2) is 0 Å². The van der Waals surface area contributed by atoms with Gasteiger partial charge in [-0.1, -0.05) is 12.1 Å². The Bertz CT molecular complexity index is 980. The Labute approximate surface area is 133 Å². The zero-order valence-electron chi connectivity index (χ0n) is 12.9. The van der Waals surface area contributed by atoms with E-state index in [2.05, 4.69) is 25.3 Å². The van der Waals surface area contributed by atoms with E-state index in [0.29, 0.717) is 22.9 Å². The van der Waals surface area contributed by atoms with Crippen molar-refractivity contribution in [2.75, 3.05) is 5.43 Å². The van der Waals surface area contributed by atoms with Gasteiger partial charge in [-0.05, 0) is 38.0 Å². The van der Waals surface area contributed by atoms with E-state index in [1.807, 2.05) is 13.0 Å². The molecule has 0 atom stereocenters. The van der Waals surface area contributed by atoms with E-state index in [9.17, 15) is 8.42 Å². The summed E-state index contributed by atoms with van der Waals surface area (Å²) in [5.41, 5.74) is 4.91. The topological polar surface area (TPSA) is 101 Å². The molecule has 23 heavy (non-hydrogen) atoms. The number of aromatic nitrogens is 4. The van der Waals surface area contributed by atoms with Crippen LogP contribution in [0.3, 0.4) is 0 Å². The van der Waals surface area contributed by atoms with Crippen molar-refractivity contribution in [2.24, 2.45) is 0 Å². The van der Waals surface area contributed by atoms with Gasteiger partial charge in [-0.25, -0.2) is 13.4 Å². The molecular formula is C14H16N6O2S. The van der Waals surface area contributed by atoms with Gasteiger partial charge in [-0.15, -0.1) is 4.83 Å². The normalized spacial score (nSPS) is 11.8. The second kappa shape index (κ2) is 5.60. The van der Waals surface area contributed by atoms with E-state index in [0.717, 1.165) is 5.56 Å². The minimum atomic E-state index is -3.72. The van der Waals surface area contributed by atoms with E-state index in [1.54, 1.807) is 32.0 Å². The average molecular weight is 332 g/mol. The lowest BCUT2D eigenvalue weighted by atomic mass is 10.2. The third-order valence-corrected chi connectivity index (χ3v) is 4.72. The first kappa shape index (κ1) is 15.4. The van der Waals surface area contributed by atoms with Crippen LogP contribution in [0.2, 0.25) is 0 Å². The van der Waals surface area contributed by atoms with Crippen molar-refractivity contribution >= 4 is 21.6 Å². The summed E-state index contributed by atoms with van der Waals surface area (Å²) in [5, 5.41) is 4.01. The molecule has 0 aliphatic carbocycles. The van der Waals surface area contributed by atoms with Crippen LogP contribution in [0.1, 0.15) is 16.8 Å². The van der Waals surface area contributed by atoms with Crippen LogP contribution in [0, 0.1) is 20.8 Å². The van der Waals surface area contributed by atoms with Crippen molar-refractivity contribution in [3.8, 4) is 0 Å². The molecule has 3 aromatic rings. The molecule has 2 N–H and O–H groups in total. The summed E-state index contributed by atoms with van der Waals surface area (Å²) in [6.45, 7) is 5.39. The first-order chi connectivity index (χ1) is 10.9. The fourth-order valence-corrected chi connectivity index (χ4v) is 3.37. The van der Waals surface area contributed by atoms with E-state index < -0.39 is 10.0 Å². The number of hydrogen-bond acceptors (Lipinski definition) is 6. The number of rotatable bonds is 4. The molecule has 120 valence electrons. The summed E-state index contributed by atoms with van der Waals surface area (Å²) < 4.78 is 26.4. The maximum absolute atomic E-state index is 12.5. The lowest BCUT2D eigenvalue weighted by molar-refractivity contribution is 0.586. The third kappa shape index (κ3) is 3.01. The van der Waals surface area contributed by atoms with Gasteiger partial charge in [0.25, 0.3) is 15.8 Å². The summed E-state index contributed by atoms with van der Waals surface area (Å²) in [4.78, 5) is 10.8. The standard InChI is InChI=1S/C14H16N6O2S/c1-9-4-5-10(2)12(6-9)23(21,22)19-18-13-7-11(3)17-14-15-8-16-20(13)14/h4-8,18-19H,1-3H3. The third-order valence-electron chi connectivity index (χ3n) is 3.33. The number of fused-ring (bicyclic) bond motifs is 1. The molecule has 0 aliphatic rings. The van der Waals surface area contributed by atoms with Crippen LogP contribution >= 0.6 is 0 Å². The molecule has 9 heteroatoms. The Morgan fingerprint density at radius 1 is 1.13 bits per heavy atom. The van der Waals surface area contributed by atoms with Crippen LogP contribution in [-0.4, -0.2) is 28.0 Å². The summed E-state index contributed by atoms with van der Waals surface area (Å²) in [5.74, 6) is 0.817. The molecule has 2 heterocycles. The van der Waals surface area contributed by atoms with Gasteiger partial charge in [0.2, 0.25) is 0 Å². The fraction of sp³-hybridized carbons (Fsp3) is 0.214. The van der Waals surface area contributed by atoms with Crippen LogP contribution in [0.15, 0.2) is 35.5 Å². The molecule has 0 radical (unpaired) electrons. The Morgan fingerprint density at radius 2 is 1.91 bits per heavy atom. The number of nitrogens with one attached hydrogen (secondary N) is 2. The highest BCUT2D eigenvalue weighted by atomic mass is 32.2. The highest BCUT2D eigenvalue weighted by molar-refractivity contribution is 7.89. The molecule has 0 saturated heterocycles. The first-order valence-electron chi connectivity index (χ1n) is 6.89. The molecule has 0 aliphatic heterocycles. The van der Waals surface area contributed by atoms with Crippen molar-refractivity contribution in [3.05, 3.63) is 47.4 Å². The molecule has 0 fully saturated rings. The number of hydrazine groups is 1. The van der Waals surface area contributed by atoms with Gasteiger partial charge in [0, 0.05) is 11.8 Å². The Hall–Kier alpha value is -2.52. The van der Waals surface area contributed by atoms with Gasteiger partial charge >= 0.3 is 0 Å². The SMILES string of the molecule is Cc1ccc(C)c(S(=O)(=O)NNc2cc(C)nc3ncnn23)c1. The van der Waals surface area contributed by atoms with Crippen LogP contribution in [0.5, 0.6) is 0 Å². The molecule has 0 spiro atoms. The molecule has 1 aromatic carbocycles. The number of aryl methyl sites for hydroxylation is 3. The van der Waals surface area contributed by atoms with Crippen LogP contribution < -0.4 is 10.3 Å². The Morgan fingerprint density at radius 3 is 2.70 bits per heavy atom. The second-order valence-electron chi connectivity index (χ2n) is 5.25. The first-order valence-corrected chi connectivity index (χ1v) is 8.37. The van der Waals surface area contributed by atoms with Crippen molar-refractivity contribution in [2.45, 2.75) is 25.7 Å². The summed E-state index contributed by atoms with van der Waals surface area (Å²) in [6, 6.07) is 6.94. The van der Waals surface area contributed by atoms with Crippen LogP contribution in [0.25, 0.3) is 5.78 Å². The average Bonchev–Trinajstić information content (AvgIpc) is 2.95. The molecule has 0 amide bonds. The zero-order chi connectivity index (χ0) is 16.6. The minimum absolute atomic E-state index is 0.227. The Balaban J connectivity index is 1.92. The quantitative estimate of drug-likeness (QED) is 0.700. The maximum Gasteiger partial charge on any atom is 0.257 e. The molecule has 3 rings (SSSR count). The lowest BCUT2D eigenvalue weighted by Crippen LogP contribution is -2.31. The smallest absolute Gasteiger partial charge is 0.257 e. The van der Waals surface area contributed by atoms with Crippen molar-refractivity contribution in [1.29, 1.82) is 0 Å². The monoisotopic (exact) mass is 332 g/mol. The maximum atomic E-state index is 12.5. The van der Waals surface area contributed by atoms with E-state index in [-0.39, 0.29) is 4.90 Å². The van der Waals surface area contributed by atoms with Crippen molar-refractivity contribution in [1.82, 2.24) is 24.4 Å². The zero-order valence-corrected chi connectivity index (χ0v) is 13.7. The highest BCUT2D eigenvalue weighted by Crippen LogP contribution is 2.17. The van der Waals surface area contributed by atoms with Gasteiger partial charge in [0.05, 0.1) is 4.90 Å². The number of benzene rings is 1. The summed E-state index contributed by atoms with van der Waals surface area (Å²) in [6.07, 6.45) is 1.35. The number of sulfonamides is 1. The predicted molar refractivity (Wildman–Crippen MR) is 85.4 cm³/mol. The largest absolute Gasteiger partial charge is 0.292 e. The minimum Gasteiger partial charge on any atom is -0.292 e. The number of anilines is 1.